The number of ether oxygens (including phenoxy) is 2. The largest absolute Gasteiger partial charge is 0.385 e. The van der Waals surface area contributed by atoms with Gasteiger partial charge in [0.2, 0.25) is 0 Å². The zero-order valence-corrected chi connectivity index (χ0v) is 10.1. The number of hydrogen-bond donors (Lipinski definition) is 0. The Kier molecular flexibility index (Phi) is 6.92. The molecule has 0 radical (unpaired) electrons. The predicted molar refractivity (Wildman–Crippen MR) is 61.2 cm³/mol. The third kappa shape index (κ3) is 6.10. The molecule has 1 rings (SSSR count). The van der Waals surface area contributed by atoms with Crippen LogP contribution in [0.2, 0.25) is 0 Å². The van der Waals surface area contributed by atoms with Crippen LogP contribution in [-0.4, -0.2) is 76.5 Å². The summed E-state index contributed by atoms with van der Waals surface area (Å²) < 4.78 is 10.3. The lowest BCUT2D eigenvalue weighted by Gasteiger charge is -2.28. The first-order valence-corrected chi connectivity index (χ1v) is 5.80. The average Bonchev–Trinajstić information content (AvgIpc) is 2.28. The van der Waals surface area contributed by atoms with Crippen molar-refractivity contribution in [3.63, 3.8) is 0 Å². The summed E-state index contributed by atoms with van der Waals surface area (Å²) in [6, 6.07) is 0. The number of rotatable bonds is 7. The summed E-state index contributed by atoms with van der Waals surface area (Å²) in [6.07, 6.45) is 1.12. The van der Waals surface area contributed by atoms with E-state index in [1.165, 1.54) is 0 Å². The van der Waals surface area contributed by atoms with E-state index in [0.717, 1.165) is 59.0 Å². The molecule has 0 spiro atoms. The number of hydrogen-bond acceptors (Lipinski definition) is 4. The van der Waals surface area contributed by atoms with Crippen LogP contribution in [-0.2, 0) is 9.47 Å². The van der Waals surface area contributed by atoms with E-state index in [4.69, 9.17) is 9.47 Å². The first-order chi connectivity index (χ1) is 7.33. The molecule has 0 amide bonds. The third-order valence-electron chi connectivity index (χ3n) is 2.79. The molecule has 1 aliphatic rings. The van der Waals surface area contributed by atoms with Gasteiger partial charge in [-0.25, -0.2) is 0 Å². The molecule has 15 heavy (non-hydrogen) atoms. The zero-order valence-electron chi connectivity index (χ0n) is 10.1. The highest BCUT2D eigenvalue weighted by atomic mass is 16.5. The fraction of sp³-hybridized carbons (Fsp3) is 1.00. The molecule has 1 fully saturated rings. The minimum Gasteiger partial charge on any atom is -0.385 e. The van der Waals surface area contributed by atoms with Crippen molar-refractivity contribution in [2.24, 2.45) is 0 Å². The molecule has 0 N–H and O–H groups in total. The average molecular weight is 216 g/mol. The van der Waals surface area contributed by atoms with Crippen LogP contribution in [0.4, 0.5) is 0 Å². The number of likely N-dealkylation sites (N-methyl/N-ethyl adjacent to an activating group) is 1. The van der Waals surface area contributed by atoms with E-state index in [2.05, 4.69) is 16.8 Å². The minimum absolute atomic E-state index is 0.863. The highest BCUT2D eigenvalue weighted by Crippen LogP contribution is 1.97. The summed E-state index contributed by atoms with van der Waals surface area (Å²) in [4.78, 5) is 4.84. The van der Waals surface area contributed by atoms with Crippen LogP contribution in [0.1, 0.15) is 6.42 Å². The van der Waals surface area contributed by atoms with Gasteiger partial charge in [-0.05, 0) is 13.5 Å². The van der Waals surface area contributed by atoms with Gasteiger partial charge in [0.1, 0.15) is 0 Å². The molecule has 0 unspecified atom stereocenters. The lowest BCUT2D eigenvalue weighted by Crippen LogP contribution is -2.40. The van der Waals surface area contributed by atoms with E-state index in [1.54, 1.807) is 7.11 Å². The Morgan fingerprint density at radius 2 is 2.00 bits per heavy atom. The van der Waals surface area contributed by atoms with Gasteiger partial charge >= 0.3 is 0 Å². The molecular formula is C11H24N2O2. The van der Waals surface area contributed by atoms with E-state index in [-0.39, 0.29) is 0 Å². The molecule has 0 aromatic heterocycles. The Morgan fingerprint density at radius 3 is 2.67 bits per heavy atom. The van der Waals surface area contributed by atoms with Gasteiger partial charge in [-0.15, -0.1) is 0 Å². The second kappa shape index (κ2) is 8.05. The van der Waals surface area contributed by atoms with Crippen LogP contribution < -0.4 is 0 Å². The highest BCUT2D eigenvalue weighted by molar-refractivity contribution is 4.63. The molecule has 0 aromatic carbocycles. The van der Waals surface area contributed by atoms with Gasteiger partial charge in [0, 0.05) is 46.4 Å². The lowest BCUT2D eigenvalue weighted by molar-refractivity contribution is 0.0342. The van der Waals surface area contributed by atoms with E-state index in [0.29, 0.717) is 0 Å². The Labute approximate surface area is 93.1 Å². The maximum absolute atomic E-state index is 5.31. The van der Waals surface area contributed by atoms with Crippen molar-refractivity contribution in [1.82, 2.24) is 9.80 Å². The first kappa shape index (κ1) is 12.9. The molecule has 0 atom stereocenters. The van der Waals surface area contributed by atoms with Crippen molar-refractivity contribution in [1.29, 1.82) is 0 Å². The third-order valence-corrected chi connectivity index (χ3v) is 2.79. The van der Waals surface area contributed by atoms with Crippen molar-refractivity contribution in [3.05, 3.63) is 0 Å². The molecule has 4 heteroatoms. The molecule has 1 aliphatic heterocycles. The molecule has 1 heterocycles. The smallest absolute Gasteiger partial charge is 0.0594 e. The highest BCUT2D eigenvalue weighted by Gasteiger charge is 2.10. The van der Waals surface area contributed by atoms with Gasteiger partial charge < -0.3 is 14.4 Å². The second-order valence-corrected chi connectivity index (χ2v) is 4.10. The molecule has 1 saturated heterocycles. The van der Waals surface area contributed by atoms with Gasteiger partial charge in [-0.3, -0.25) is 4.90 Å². The monoisotopic (exact) mass is 216 g/mol. The van der Waals surface area contributed by atoms with E-state index in [1.807, 2.05) is 0 Å². The van der Waals surface area contributed by atoms with Crippen LogP contribution in [0.25, 0.3) is 0 Å². The van der Waals surface area contributed by atoms with Crippen molar-refractivity contribution in [2.75, 3.05) is 66.7 Å². The van der Waals surface area contributed by atoms with Crippen LogP contribution in [0.5, 0.6) is 0 Å². The van der Waals surface area contributed by atoms with Crippen LogP contribution in [0.3, 0.4) is 0 Å². The zero-order chi connectivity index (χ0) is 10.9. The maximum Gasteiger partial charge on any atom is 0.0594 e. The fourth-order valence-corrected chi connectivity index (χ4v) is 1.73. The van der Waals surface area contributed by atoms with Gasteiger partial charge in [-0.2, -0.15) is 0 Å². The molecule has 0 bridgehead atoms. The Bertz CT molecular complexity index is 150. The first-order valence-electron chi connectivity index (χ1n) is 5.80. The molecule has 4 nitrogen and oxygen atoms in total. The van der Waals surface area contributed by atoms with Crippen molar-refractivity contribution in [2.45, 2.75) is 6.42 Å². The molecule has 0 aromatic rings. The minimum atomic E-state index is 0.863. The van der Waals surface area contributed by atoms with Crippen LogP contribution in [0.15, 0.2) is 0 Å². The molecule has 90 valence electrons. The number of morpholine rings is 1. The Balaban J connectivity index is 1.97. The van der Waals surface area contributed by atoms with Crippen LogP contribution >= 0.6 is 0 Å². The lowest BCUT2D eigenvalue weighted by atomic mass is 10.3. The standard InChI is InChI=1S/C11H24N2O2/c1-12(4-3-9-14-2)5-6-13-7-10-15-11-8-13/h3-11H2,1-2H3. The van der Waals surface area contributed by atoms with E-state index in [9.17, 15) is 0 Å². The number of nitrogens with zero attached hydrogens (tertiary/aromatic N) is 2. The second-order valence-electron chi connectivity index (χ2n) is 4.10. The quantitative estimate of drug-likeness (QED) is 0.571. The summed E-state index contributed by atoms with van der Waals surface area (Å²) in [7, 11) is 3.93. The predicted octanol–water partition coefficient (Wildman–Crippen LogP) is 0.287. The summed E-state index contributed by atoms with van der Waals surface area (Å²) in [5.74, 6) is 0. The maximum atomic E-state index is 5.31. The normalized spacial score (nSPS) is 18.6. The topological polar surface area (TPSA) is 24.9 Å². The van der Waals surface area contributed by atoms with Gasteiger partial charge in [0.05, 0.1) is 13.2 Å². The van der Waals surface area contributed by atoms with E-state index >= 15 is 0 Å². The van der Waals surface area contributed by atoms with Crippen molar-refractivity contribution < 1.29 is 9.47 Å². The van der Waals surface area contributed by atoms with Crippen LogP contribution in [0, 0.1) is 0 Å². The van der Waals surface area contributed by atoms with Gasteiger partial charge in [0.15, 0.2) is 0 Å². The molecular weight excluding hydrogens is 192 g/mol. The summed E-state index contributed by atoms with van der Waals surface area (Å²) in [5, 5.41) is 0. The Hall–Kier alpha value is -0.160. The molecule has 0 saturated carbocycles. The summed E-state index contributed by atoms with van der Waals surface area (Å²) in [6.45, 7) is 8.26. The van der Waals surface area contributed by atoms with Crippen molar-refractivity contribution in [3.8, 4) is 0 Å². The van der Waals surface area contributed by atoms with Crippen molar-refractivity contribution >= 4 is 0 Å². The van der Waals surface area contributed by atoms with E-state index < -0.39 is 0 Å². The Morgan fingerprint density at radius 1 is 1.27 bits per heavy atom. The summed E-state index contributed by atoms with van der Waals surface area (Å²) in [5.41, 5.74) is 0. The summed E-state index contributed by atoms with van der Waals surface area (Å²) >= 11 is 0. The van der Waals surface area contributed by atoms with Gasteiger partial charge in [-0.1, -0.05) is 0 Å². The number of methoxy groups -OCH3 is 1. The SMILES string of the molecule is COCCCN(C)CCN1CCOCC1. The fourth-order valence-electron chi connectivity index (χ4n) is 1.73. The van der Waals surface area contributed by atoms with Gasteiger partial charge in [0.25, 0.3) is 0 Å². The molecule has 0 aliphatic carbocycles.